The molecule has 4 aromatic rings. The highest BCUT2D eigenvalue weighted by molar-refractivity contribution is 5.78. The van der Waals surface area contributed by atoms with Gasteiger partial charge in [-0.15, -0.1) is 5.92 Å². The third-order valence-corrected chi connectivity index (χ3v) is 7.24. The Morgan fingerprint density at radius 1 is 1.10 bits per heavy atom. The number of nitrogens with two attached hydrogens (primary N) is 1. The molecule has 0 aliphatic carbocycles. The number of methoxy groups -OCH3 is 1. The van der Waals surface area contributed by atoms with Crippen molar-refractivity contribution in [1.29, 1.82) is 0 Å². The first-order valence-corrected chi connectivity index (χ1v) is 13.2. The summed E-state index contributed by atoms with van der Waals surface area (Å²) >= 11 is 0. The summed E-state index contributed by atoms with van der Waals surface area (Å²) in [6.07, 6.45) is 1.76. The lowest BCUT2D eigenvalue weighted by Crippen LogP contribution is -2.44. The number of aryl methyl sites for hydroxylation is 2. The first-order chi connectivity index (χ1) is 19.2. The standard InChI is InChI=1S/C28H32N8O4/c1-5-6-12-34-24-25(32-27(34)33-11-7-8-20(29)15-33)35(16-23(37)40-4)28(39)36(26(24)38)14-19-9-10-21-22(13-19)31-18(3)17(2)30-21/h9-10,13,20H,7-8,11-12,14-16,29H2,1-4H3. The zero-order valence-electron chi connectivity index (χ0n) is 23.1. The van der Waals surface area contributed by atoms with Gasteiger partial charge in [0.15, 0.2) is 11.2 Å². The van der Waals surface area contributed by atoms with Gasteiger partial charge in [0, 0.05) is 19.1 Å². The second-order valence-electron chi connectivity index (χ2n) is 10.00. The van der Waals surface area contributed by atoms with Crippen molar-refractivity contribution in [1.82, 2.24) is 28.7 Å². The summed E-state index contributed by atoms with van der Waals surface area (Å²) in [5, 5.41) is 0. The van der Waals surface area contributed by atoms with Crippen LogP contribution in [0.25, 0.3) is 22.2 Å². The van der Waals surface area contributed by atoms with Crippen LogP contribution in [0.1, 0.15) is 36.7 Å². The largest absolute Gasteiger partial charge is 0.468 e. The second kappa shape index (κ2) is 10.9. The molecule has 0 saturated carbocycles. The van der Waals surface area contributed by atoms with Gasteiger partial charge in [-0.25, -0.2) is 14.8 Å². The van der Waals surface area contributed by atoms with Crippen LogP contribution in [0.4, 0.5) is 5.95 Å². The SMILES string of the molecule is CC#CCn1c(N2CCCC(N)C2)nc2c1c(=O)n(Cc1ccc3nc(C)c(C)nc3c1)c(=O)n2CC(=O)OC. The molecule has 0 bridgehead atoms. The number of rotatable bonds is 6. The molecule has 1 aliphatic heterocycles. The number of ether oxygens (including phenoxy) is 1. The lowest BCUT2D eigenvalue weighted by atomic mass is 10.1. The molecule has 5 rings (SSSR count). The molecule has 1 atom stereocenters. The van der Waals surface area contributed by atoms with Gasteiger partial charge >= 0.3 is 11.7 Å². The van der Waals surface area contributed by atoms with Gasteiger partial charge in [-0.3, -0.25) is 23.3 Å². The molecule has 1 unspecified atom stereocenters. The van der Waals surface area contributed by atoms with Gasteiger partial charge in [-0.1, -0.05) is 12.0 Å². The molecule has 12 nitrogen and oxygen atoms in total. The monoisotopic (exact) mass is 544 g/mol. The fourth-order valence-electron chi connectivity index (χ4n) is 5.05. The highest BCUT2D eigenvalue weighted by Gasteiger charge is 2.27. The van der Waals surface area contributed by atoms with Crippen molar-refractivity contribution in [2.24, 2.45) is 5.73 Å². The first-order valence-electron chi connectivity index (χ1n) is 13.2. The fraction of sp³-hybridized carbons (Fsp3) is 0.429. The van der Waals surface area contributed by atoms with Crippen molar-refractivity contribution in [3.8, 4) is 11.8 Å². The normalized spacial score (nSPS) is 15.3. The number of hydrogen-bond donors (Lipinski definition) is 1. The van der Waals surface area contributed by atoms with E-state index in [2.05, 4.69) is 21.8 Å². The molecule has 1 aliphatic rings. The Kier molecular flexibility index (Phi) is 7.40. The van der Waals surface area contributed by atoms with E-state index < -0.39 is 23.8 Å². The van der Waals surface area contributed by atoms with Crippen molar-refractivity contribution in [3.63, 3.8) is 0 Å². The number of aromatic nitrogens is 6. The minimum Gasteiger partial charge on any atom is -0.468 e. The number of esters is 1. The molecular formula is C28H32N8O4. The molecule has 12 heteroatoms. The van der Waals surface area contributed by atoms with E-state index in [1.54, 1.807) is 11.5 Å². The number of fused-ring (bicyclic) bond motifs is 2. The first kappa shape index (κ1) is 27.1. The van der Waals surface area contributed by atoms with Crippen LogP contribution in [0.3, 0.4) is 0 Å². The Labute approximate surface area is 230 Å². The van der Waals surface area contributed by atoms with E-state index in [4.69, 9.17) is 15.5 Å². The van der Waals surface area contributed by atoms with Crippen molar-refractivity contribution in [2.75, 3.05) is 25.1 Å². The van der Waals surface area contributed by atoms with Gasteiger partial charge < -0.3 is 15.4 Å². The van der Waals surface area contributed by atoms with Crippen LogP contribution in [0.5, 0.6) is 0 Å². The van der Waals surface area contributed by atoms with Crippen molar-refractivity contribution in [2.45, 2.75) is 59.3 Å². The van der Waals surface area contributed by atoms with E-state index in [9.17, 15) is 14.4 Å². The minimum absolute atomic E-state index is 0.0338. The number of nitrogens with zero attached hydrogens (tertiary/aromatic N) is 7. The average Bonchev–Trinajstić information content (AvgIpc) is 3.32. The van der Waals surface area contributed by atoms with E-state index >= 15 is 0 Å². The number of anilines is 1. The summed E-state index contributed by atoms with van der Waals surface area (Å²) in [5.41, 5.74) is 9.06. The van der Waals surface area contributed by atoms with Crippen LogP contribution >= 0.6 is 0 Å². The molecule has 1 fully saturated rings. The fourth-order valence-corrected chi connectivity index (χ4v) is 5.05. The number of piperidine rings is 1. The molecule has 208 valence electrons. The van der Waals surface area contributed by atoms with Gasteiger partial charge in [0.25, 0.3) is 5.56 Å². The van der Waals surface area contributed by atoms with Gasteiger partial charge in [0.1, 0.15) is 6.54 Å². The molecule has 0 radical (unpaired) electrons. The predicted octanol–water partition coefficient (Wildman–Crippen LogP) is 1.09. The zero-order chi connectivity index (χ0) is 28.6. The van der Waals surface area contributed by atoms with E-state index in [1.165, 1.54) is 11.7 Å². The van der Waals surface area contributed by atoms with Gasteiger partial charge in [0.05, 0.1) is 42.6 Å². The third kappa shape index (κ3) is 4.96. The third-order valence-electron chi connectivity index (χ3n) is 7.24. The van der Waals surface area contributed by atoms with E-state index in [0.717, 1.165) is 34.3 Å². The average molecular weight is 545 g/mol. The number of carbonyl (C=O) groups excluding carboxylic acids is 1. The van der Waals surface area contributed by atoms with Crippen molar-refractivity contribution >= 4 is 34.1 Å². The molecule has 2 N–H and O–H groups in total. The molecule has 0 amide bonds. The molecular weight excluding hydrogens is 512 g/mol. The topological polar surface area (TPSA) is 143 Å². The maximum Gasteiger partial charge on any atom is 0.333 e. The highest BCUT2D eigenvalue weighted by Crippen LogP contribution is 2.23. The Bertz CT molecular complexity index is 1810. The lowest BCUT2D eigenvalue weighted by molar-refractivity contribution is -0.141. The van der Waals surface area contributed by atoms with Crippen LogP contribution in [-0.4, -0.2) is 60.9 Å². The predicted molar refractivity (Wildman–Crippen MR) is 151 cm³/mol. The smallest absolute Gasteiger partial charge is 0.333 e. The van der Waals surface area contributed by atoms with E-state index in [-0.39, 0.29) is 30.3 Å². The Morgan fingerprint density at radius 2 is 1.85 bits per heavy atom. The number of hydrogen-bond acceptors (Lipinski definition) is 9. The summed E-state index contributed by atoms with van der Waals surface area (Å²) in [4.78, 5) is 56.1. The van der Waals surface area contributed by atoms with Crippen molar-refractivity contribution in [3.05, 3.63) is 56.0 Å². The molecule has 3 aromatic heterocycles. The molecule has 0 spiro atoms. The minimum atomic E-state index is -0.665. The summed E-state index contributed by atoms with van der Waals surface area (Å²) in [6, 6.07) is 5.40. The second-order valence-corrected chi connectivity index (χ2v) is 10.00. The van der Waals surface area contributed by atoms with Crippen LogP contribution in [0.15, 0.2) is 27.8 Å². The van der Waals surface area contributed by atoms with E-state index in [1.807, 2.05) is 36.9 Å². The number of imidazole rings is 1. The quantitative estimate of drug-likeness (QED) is 0.279. The molecule has 1 saturated heterocycles. The highest BCUT2D eigenvalue weighted by atomic mass is 16.5. The summed E-state index contributed by atoms with van der Waals surface area (Å²) in [6.45, 7) is 6.49. The van der Waals surface area contributed by atoms with E-state index in [0.29, 0.717) is 30.1 Å². The van der Waals surface area contributed by atoms with Crippen LogP contribution < -0.4 is 21.9 Å². The zero-order valence-corrected chi connectivity index (χ0v) is 23.1. The molecule has 4 heterocycles. The van der Waals surface area contributed by atoms with Crippen LogP contribution in [0, 0.1) is 25.7 Å². The Hall–Kier alpha value is -4.50. The Morgan fingerprint density at radius 3 is 2.55 bits per heavy atom. The maximum atomic E-state index is 14.0. The number of benzene rings is 1. The van der Waals surface area contributed by atoms with Gasteiger partial charge in [-0.2, -0.15) is 4.98 Å². The summed E-state index contributed by atoms with van der Waals surface area (Å²) in [7, 11) is 1.25. The van der Waals surface area contributed by atoms with Crippen LogP contribution in [0.2, 0.25) is 0 Å². The maximum absolute atomic E-state index is 14.0. The van der Waals surface area contributed by atoms with Gasteiger partial charge in [-0.05, 0) is 51.3 Å². The number of carbonyl (C=O) groups is 1. The van der Waals surface area contributed by atoms with Crippen molar-refractivity contribution < 1.29 is 9.53 Å². The molecule has 1 aromatic carbocycles. The summed E-state index contributed by atoms with van der Waals surface area (Å²) in [5.74, 6) is 5.75. The molecule has 40 heavy (non-hydrogen) atoms. The van der Waals surface area contributed by atoms with Gasteiger partial charge in [0.2, 0.25) is 5.95 Å². The summed E-state index contributed by atoms with van der Waals surface area (Å²) < 4.78 is 8.89. The lowest BCUT2D eigenvalue weighted by Gasteiger charge is -2.31. The van der Waals surface area contributed by atoms with Crippen LogP contribution in [-0.2, 0) is 29.2 Å². The Balaban J connectivity index is 1.73.